The third-order valence-electron chi connectivity index (χ3n) is 7.31. The van der Waals surface area contributed by atoms with Crippen LogP contribution in [0.1, 0.15) is 49.3 Å². The Morgan fingerprint density at radius 3 is 1.40 bits per heavy atom. The van der Waals surface area contributed by atoms with Crippen molar-refractivity contribution in [1.82, 2.24) is 0 Å². The van der Waals surface area contributed by atoms with Crippen LogP contribution in [-0.2, 0) is 5.41 Å². The van der Waals surface area contributed by atoms with Gasteiger partial charge in [0.1, 0.15) is 23.0 Å². The summed E-state index contributed by atoms with van der Waals surface area (Å²) in [5.41, 5.74) is 10.5. The van der Waals surface area contributed by atoms with Crippen LogP contribution in [0.2, 0.25) is 0 Å². The largest absolute Gasteiger partial charge is 0.457 e. The van der Waals surface area contributed by atoms with Gasteiger partial charge in [-0.05, 0) is 110 Å². The molecule has 35 heavy (non-hydrogen) atoms. The topological polar surface area (TPSA) is 44.5 Å². The molecular weight excluding hydrogens is 430 g/mol. The van der Waals surface area contributed by atoms with Crippen LogP contribution in [0.4, 0.5) is 5.69 Å². The SMILES string of the molecule is Cc1ccc(Oc2ccc(C3(c4ccc(Oc5ccc(N)cc5)cc4)CCC(C)CC3)cc2)cc1. The Bertz CT molecular complexity index is 1140. The zero-order valence-corrected chi connectivity index (χ0v) is 20.5. The molecule has 0 bridgehead atoms. The predicted octanol–water partition coefficient (Wildman–Crippen LogP) is 8.66. The first-order valence-corrected chi connectivity index (χ1v) is 12.5. The van der Waals surface area contributed by atoms with Gasteiger partial charge in [0.15, 0.2) is 0 Å². The van der Waals surface area contributed by atoms with E-state index < -0.39 is 0 Å². The number of nitrogen functional groups attached to an aromatic ring is 1. The van der Waals surface area contributed by atoms with E-state index in [1.54, 1.807) is 0 Å². The average Bonchev–Trinajstić information content (AvgIpc) is 2.89. The fraction of sp³-hybridized carbons (Fsp3) is 0.250. The van der Waals surface area contributed by atoms with Gasteiger partial charge in [0, 0.05) is 11.1 Å². The van der Waals surface area contributed by atoms with Crippen LogP contribution in [0.25, 0.3) is 0 Å². The van der Waals surface area contributed by atoms with Crippen molar-refractivity contribution < 1.29 is 9.47 Å². The lowest BCUT2D eigenvalue weighted by Gasteiger charge is -2.41. The zero-order valence-electron chi connectivity index (χ0n) is 20.5. The normalized spacial score (nSPS) is 19.8. The molecule has 1 aliphatic carbocycles. The van der Waals surface area contributed by atoms with Crippen molar-refractivity contribution in [3.8, 4) is 23.0 Å². The van der Waals surface area contributed by atoms with Crippen molar-refractivity contribution in [2.75, 3.05) is 5.73 Å². The Morgan fingerprint density at radius 1 is 0.600 bits per heavy atom. The van der Waals surface area contributed by atoms with Gasteiger partial charge in [-0.2, -0.15) is 0 Å². The molecule has 0 atom stereocenters. The summed E-state index contributed by atoms with van der Waals surface area (Å²) < 4.78 is 12.1. The van der Waals surface area contributed by atoms with Crippen LogP contribution in [-0.4, -0.2) is 0 Å². The van der Waals surface area contributed by atoms with Gasteiger partial charge in [-0.25, -0.2) is 0 Å². The van der Waals surface area contributed by atoms with Crippen molar-refractivity contribution in [2.45, 2.75) is 44.9 Å². The minimum Gasteiger partial charge on any atom is -0.457 e. The van der Waals surface area contributed by atoms with E-state index in [0.717, 1.165) is 47.4 Å². The summed E-state index contributed by atoms with van der Waals surface area (Å²) in [6.07, 6.45) is 4.74. The van der Waals surface area contributed by atoms with E-state index in [-0.39, 0.29) is 5.41 Å². The van der Waals surface area contributed by atoms with Crippen molar-refractivity contribution in [3.05, 3.63) is 114 Å². The number of rotatable bonds is 6. The molecule has 178 valence electrons. The van der Waals surface area contributed by atoms with E-state index in [9.17, 15) is 0 Å². The number of aryl methyl sites for hydroxylation is 1. The first-order chi connectivity index (χ1) is 17.0. The molecule has 0 spiro atoms. The van der Waals surface area contributed by atoms with E-state index in [0.29, 0.717) is 0 Å². The van der Waals surface area contributed by atoms with Crippen LogP contribution >= 0.6 is 0 Å². The number of anilines is 1. The fourth-order valence-electron chi connectivity index (χ4n) is 5.10. The molecule has 4 aromatic rings. The van der Waals surface area contributed by atoms with Gasteiger partial charge in [0.2, 0.25) is 0 Å². The van der Waals surface area contributed by atoms with Crippen LogP contribution in [0, 0.1) is 12.8 Å². The van der Waals surface area contributed by atoms with Gasteiger partial charge in [-0.1, -0.05) is 48.9 Å². The van der Waals surface area contributed by atoms with Gasteiger partial charge in [-0.15, -0.1) is 0 Å². The maximum atomic E-state index is 6.09. The van der Waals surface area contributed by atoms with Gasteiger partial charge < -0.3 is 15.2 Å². The fourth-order valence-corrected chi connectivity index (χ4v) is 5.10. The Morgan fingerprint density at radius 2 is 0.971 bits per heavy atom. The second-order valence-corrected chi connectivity index (χ2v) is 9.90. The van der Waals surface area contributed by atoms with Crippen molar-refractivity contribution in [3.63, 3.8) is 0 Å². The molecule has 1 fully saturated rings. The molecule has 1 saturated carbocycles. The molecule has 0 saturated heterocycles. The minimum absolute atomic E-state index is 0.00856. The second kappa shape index (κ2) is 9.87. The predicted molar refractivity (Wildman–Crippen MR) is 143 cm³/mol. The highest BCUT2D eigenvalue weighted by atomic mass is 16.5. The summed E-state index contributed by atoms with van der Waals surface area (Å²) in [4.78, 5) is 0. The molecule has 2 N–H and O–H groups in total. The number of nitrogens with two attached hydrogens (primary N) is 1. The summed E-state index contributed by atoms with van der Waals surface area (Å²) in [7, 11) is 0. The van der Waals surface area contributed by atoms with E-state index >= 15 is 0 Å². The van der Waals surface area contributed by atoms with Crippen LogP contribution in [0.5, 0.6) is 23.0 Å². The molecular formula is C32H33NO2. The maximum Gasteiger partial charge on any atom is 0.127 e. The smallest absolute Gasteiger partial charge is 0.127 e. The summed E-state index contributed by atoms with van der Waals surface area (Å²) >= 11 is 0. The van der Waals surface area contributed by atoms with Crippen molar-refractivity contribution in [2.24, 2.45) is 5.92 Å². The van der Waals surface area contributed by atoms with Gasteiger partial charge >= 0.3 is 0 Å². The lowest BCUT2D eigenvalue weighted by Crippen LogP contribution is -2.32. The Hall–Kier alpha value is -3.72. The third-order valence-corrected chi connectivity index (χ3v) is 7.31. The van der Waals surface area contributed by atoms with Crippen LogP contribution in [0.3, 0.4) is 0 Å². The summed E-state index contributed by atoms with van der Waals surface area (Å²) in [5.74, 6) is 4.11. The minimum atomic E-state index is 0.00856. The molecule has 1 aliphatic rings. The molecule has 0 heterocycles. The lowest BCUT2D eigenvalue weighted by molar-refractivity contribution is 0.280. The summed E-state index contributed by atoms with van der Waals surface area (Å²) in [5, 5.41) is 0. The van der Waals surface area contributed by atoms with E-state index in [1.165, 1.54) is 29.5 Å². The van der Waals surface area contributed by atoms with Crippen molar-refractivity contribution in [1.29, 1.82) is 0 Å². The number of benzene rings is 4. The van der Waals surface area contributed by atoms with Gasteiger partial charge in [0.25, 0.3) is 0 Å². The molecule has 3 heteroatoms. The number of hydrogen-bond acceptors (Lipinski definition) is 3. The second-order valence-electron chi connectivity index (χ2n) is 9.90. The summed E-state index contributed by atoms with van der Waals surface area (Å²) in [6, 6.07) is 33.0. The van der Waals surface area contributed by atoms with E-state index in [2.05, 4.69) is 74.5 Å². The molecule has 0 aliphatic heterocycles. The quantitative estimate of drug-likeness (QED) is 0.291. The molecule has 0 amide bonds. The Kier molecular flexibility index (Phi) is 6.50. The molecule has 5 rings (SSSR count). The van der Waals surface area contributed by atoms with E-state index in [4.69, 9.17) is 15.2 Å². The van der Waals surface area contributed by atoms with Crippen LogP contribution < -0.4 is 15.2 Å². The lowest BCUT2D eigenvalue weighted by atomic mass is 9.63. The molecule has 0 radical (unpaired) electrons. The van der Waals surface area contributed by atoms with Crippen LogP contribution in [0.15, 0.2) is 97.1 Å². The van der Waals surface area contributed by atoms with Gasteiger partial charge in [0.05, 0.1) is 0 Å². The van der Waals surface area contributed by atoms with Gasteiger partial charge in [-0.3, -0.25) is 0 Å². The highest BCUT2D eigenvalue weighted by molar-refractivity contribution is 5.46. The average molecular weight is 464 g/mol. The summed E-state index contributed by atoms with van der Waals surface area (Å²) in [6.45, 7) is 4.45. The molecule has 4 aromatic carbocycles. The molecule has 0 unspecified atom stereocenters. The highest BCUT2D eigenvalue weighted by Crippen LogP contribution is 2.47. The molecule has 3 nitrogen and oxygen atoms in total. The Labute approximate surface area is 208 Å². The standard InChI is InChI=1S/C32H33NO2/c1-23-3-11-28(12-4-23)34-29-13-5-25(6-14-29)32(21-19-24(2)20-22-32)26-7-15-30(16-8-26)35-31-17-9-27(33)10-18-31/h3-18,24H,19-22,33H2,1-2H3. The van der Waals surface area contributed by atoms with Crippen molar-refractivity contribution >= 4 is 5.69 Å². The highest BCUT2D eigenvalue weighted by Gasteiger charge is 2.37. The number of ether oxygens (including phenoxy) is 2. The number of hydrogen-bond donors (Lipinski definition) is 1. The Balaban J connectivity index is 1.39. The maximum absolute atomic E-state index is 6.09. The monoisotopic (exact) mass is 463 g/mol. The molecule has 0 aromatic heterocycles. The zero-order chi connectivity index (χ0) is 24.3. The third kappa shape index (κ3) is 5.19. The van der Waals surface area contributed by atoms with E-state index in [1.807, 2.05) is 36.4 Å². The first kappa shape index (κ1) is 23.0. The first-order valence-electron chi connectivity index (χ1n) is 12.5.